The Hall–Kier alpha value is -0.850. The molecule has 5 nitrogen and oxygen atoms in total. The molecule has 0 aromatic carbocycles. The number of rotatable bonds is 4. The first-order valence-corrected chi connectivity index (χ1v) is 7.79. The van der Waals surface area contributed by atoms with E-state index in [2.05, 4.69) is 15.9 Å². The zero-order valence-corrected chi connectivity index (χ0v) is 13.6. The molecule has 112 valence electrons. The summed E-state index contributed by atoms with van der Waals surface area (Å²) >= 11 is 3.43. The smallest absolute Gasteiger partial charge is 0.270 e. The number of carbonyl (C=O) groups excluding carboxylic acids is 1. The number of nitrogens with two attached hydrogens (primary N) is 1. The van der Waals surface area contributed by atoms with Gasteiger partial charge in [-0.25, -0.2) is 0 Å². The van der Waals surface area contributed by atoms with E-state index in [9.17, 15) is 4.79 Å². The molecule has 2 N–H and O–H groups in total. The summed E-state index contributed by atoms with van der Waals surface area (Å²) in [4.78, 5) is 14.6. The molecule has 1 aromatic heterocycles. The van der Waals surface area contributed by atoms with E-state index >= 15 is 0 Å². The summed E-state index contributed by atoms with van der Waals surface area (Å²) < 4.78 is 8.29. The third kappa shape index (κ3) is 3.07. The molecule has 2 rings (SSSR count). The topological polar surface area (TPSA) is 60.5 Å². The Kier molecular flexibility index (Phi) is 5.23. The molecule has 1 aromatic rings. The molecule has 0 bridgehead atoms. The molecular weight excluding hydrogens is 322 g/mol. The van der Waals surface area contributed by atoms with Crippen LogP contribution in [0.2, 0.25) is 0 Å². The minimum absolute atomic E-state index is 0.0557. The second kappa shape index (κ2) is 6.74. The van der Waals surface area contributed by atoms with Gasteiger partial charge in [0.2, 0.25) is 0 Å². The lowest BCUT2D eigenvalue weighted by Gasteiger charge is -2.38. The van der Waals surface area contributed by atoms with Gasteiger partial charge in [0.25, 0.3) is 5.91 Å². The molecule has 2 atom stereocenters. The van der Waals surface area contributed by atoms with E-state index in [-0.39, 0.29) is 18.1 Å². The van der Waals surface area contributed by atoms with E-state index in [0.29, 0.717) is 18.8 Å². The molecule has 2 unspecified atom stereocenters. The Morgan fingerprint density at radius 2 is 2.35 bits per heavy atom. The number of likely N-dealkylation sites (tertiary alicyclic amines) is 1. The summed E-state index contributed by atoms with van der Waals surface area (Å²) in [6.45, 7) is 3.97. The Morgan fingerprint density at radius 3 is 2.95 bits per heavy atom. The highest BCUT2D eigenvalue weighted by Gasteiger charge is 2.32. The van der Waals surface area contributed by atoms with Crippen molar-refractivity contribution in [3.8, 4) is 0 Å². The number of nitrogens with zero attached hydrogens (tertiary/aromatic N) is 2. The fourth-order valence-corrected chi connectivity index (χ4v) is 3.25. The van der Waals surface area contributed by atoms with E-state index in [1.807, 2.05) is 28.7 Å². The van der Waals surface area contributed by atoms with Crippen LogP contribution in [0.5, 0.6) is 0 Å². The van der Waals surface area contributed by atoms with Gasteiger partial charge in [0.1, 0.15) is 5.69 Å². The molecule has 1 fully saturated rings. The molecule has 0 aliphatic carbocycles. The SMILES string of the molecule is CCn1cc(Br)cc1C(=O)N1CCC(OC)CC1CN. The molecule has 1 aliphatic rings. The predicted octanol–water partition coefficient (Wildman–Crippen LogP) is 1.85. The summed E-state index contributed by atoms with van der Waals surface area (Å²) in [6.07, 6.45) is 3.82. The van der Waals surface area contributed by atoms with Crippen LogP contribution in [-0.2, 0) is 11.3 Å². The lowest BCUT2D eigenvalue weighted by Crippen LogP contribution is -2.51. The van der Waals surface area contributed by atoms with Crippen molar-refractivity contribution in [3.05, 3.63) is 22.4 Å². The van der Waals surface area contributed by atoms with Crippen molar-refractivity contribution in [2.24, 2.45) is 5.73 Å². The molecule has 20 heavy (non-hydrogen) atoms. The lowest BCUT2D eigenvalue weighted by molar-refractivity contribution is 0.0134. The van der Waals surface area contributed by atoms with Crippen LogP contribution in [0.1, 0.15) is 30.3 Å². The zero-order valence-electron chi connectivity index (χ0n) is 12.0. The summed E-state index contributed by atoms with van der Waals surface area (Å²) in [5, 5.41) is 0. The third-order valence-electron chi connectivity index (χ3n) is 3.96. The van der Waals surface area contributed by atoms with Crippen LogP contribution < -0.4 is 5.73 Å². The number of aryl methyl sites for hydroxylation is 1. The minimum Gasteiger partial charge on any atom is -0.381 e. The van der Waals surface area contributed by atoms with Crippen molar-refractivity contribution < 1.29 is 9.53 Å². The summed E-state index contributed by atoms with van der Waals surface area (Å²) in [5.41, 5.74) is 6.55. The van der Waals surface area contributed by atoms with E-state index in [1.54, 1.807) is 7.11 Å². The van der Waals surface area contributed by atoms with Gasteiger partial charge in [0, 0.05) is 43.5 Å². The molecule has 1 amide bonds. The van der Waals surface area contributed by atoms with Gasteiger partial charge in [0.05, 0.1) is 6.10 Å². The predicted molar refractivity (Wildman–Crippen MR) is 81.7 cm³/mol. The highest BCUT2D eigenvalue weighted by Crippen LogP contribution is 2.23. The van der Waals surface area contributed by atoms with Gasteiger partial charge in [0.15, 0.2) is 0 Å². The normalized spacial score (nSPS) is 23.1. The fourth-order valence-electron chi connectivity index (χ4n) is 2.78. The first kappa shape index (κ1) is 15.5. The van der Waals surface area contributed by atoms with E-state index < -0.39 is 0 Å². The lowest BCUT2D eigenvalue weighted by atomic mass is 9.99. The Labute approximate surface area is 128 Å². The highest BCUT2D eigenvalue weighted by atomic mass is 79.9. The average molecular weight is 344 g/mol. The van der Waals surface area contributed by atoms with Crippen LogP contribution in [0.3, 0.4) is 0 Å². The van der Waals surface area contributed by atoms with Crippen LogP contribution in [0.15, 0.2) is 16.7 Å². The Morgan fingerprint density at radius 1 is 1.60 bits per heavy atom. The number of halogens is 1. The van der Waals surface area contributed by atoms with Gasteiger partial charge in [-0.2, -0.15) is 0 Å². The third-order valence-corrected chi connectivity index (χ3v) is 4.39. The molecular formula is C14H22BrN3O2. The van der Waals surface area contributed by atoms with Gasteiger partial charge >= 0.3 is 0 Å². The quantitative estimate of drug-likeness (QED) is 0.907. The number of hydrogen-bond donors (Lipinski definition) is 1. The van der Waals surface area contributed by atoms with E-state index in [0.717, 1.165) is 23.9 Å². The van der Waals surface area contributed by atoms with Crippen molar-refractivity contribution in [2.75, 3.05) is 20.2 Å². The number of piperidine rings is 1. The minimum atomic E-state index is 0.0557. The van der Waals surface area contributed by atoms with Crippen molar-refractivity contribution in [1.29, 1.82) is 0 Å². The summed E-state index contributed by atoms with van der Waals surface area (Å²) in [7, 11) is 1.72. The zero-order chi connectivity index (χ0) is 14.7. The molecule has 1 aliphatic heterocycles. The monoisotopic (exact) mass is 343 g/mol. The first-order valence-electron chi connectivity index (χ1n) is 7.00. The standard InChI is InChI=1S/C14H22BrN3O2/c1-3-17-9-10(15)6-13(17)14(19)18-5-4-12(20-2)7-11(18)8-16/h6,9,11-12H,3-5,7-8,16H2,1-2H3. The maximum absolute atomic E-state index is 12.7. The molecule has 0 radical (unpaired) electrons. The molecule has 1 saturated heterocycles. The number of ether oxygens (including phenoxy) is 1. The number of amides is 1. The van der Waals surface area contributed by atoms with Gasteiger partial charge in [-0.3, -0.25) is 4.79 Å². The first-order chi connectivity index (χ1) is 9.60. The number of carbonyl (C=O) groups is 1. The van der Waals surface area contributed by atoms with Crippen LogP contribution in [0.25, 0.3) is 0 Å². The summed E-state index contributed by atoms with van der Waals surface area (Å²) in [6, 6.07) is 1.93. The van der Waals surface area contributed by atoms with Gasteiger partial charge in [-0.1, -0.05) is 0 Å². The fraction of sp³-hybridized carbons (Fsp3) is 0.643. The van der Waals surface area contributed by atoms with Gasteiger partial charge < -0.3 is 19.9 Å². The van der Waals surface area contributed by atoms with Gasteiger partial charge in [-0.05, 0) is 41.8 Å². The number of hydrogen-bond acceptors (Lipinski definition) is 3. The van der Waals surface area contributed by atoms with Crippen LogP contribution in [0, 0.1) is 0 Å². The van der Waals surface area contributed by atoms with Crippen LogP contribution in [0.4, 0.5) is 0 Å². The molecule has 2 heterocycles. The molecule has 0 spiro atoms. The number of methoxy groups -OCH3 is 1. The maximum atomic E-state index is 12.7. The van der Waals surface area contributed by atoms with Crippen molar-refractivity contribution in [2.45, 2.75) is 38.5 Å². The summed E-state index contributed by atoms with van der Waals surface area (Å²) in [5.74, 6) is 0.0579. The van der Waals surface area contributed by atoms with Crippen LogP contribution >= 0.6 is 15.9 Å². The second-order valence-electron chi connectivity index (χ2n) is 5.10. The van der Waals surface area contributed by atoms with Crippen LogP contribution in [-0.4, -0.2) is 47.7 Å². The second-order valence-corrected chi connectivity index (χ2v) is 6.02. The van der Waals surface area contributed by atoms with Crippen molar-refractivity contribution >= 4 is 21.8 Å². The molecule has 0 saturated carbocycles. The van der Waals surface area contributed by atoms with E-state index in [1.165, 1.54) is 0 Å². The van der Waals surface area contributed by atoms with E-state index in [4.69, 9.17) is 10.5 Å². The number of aromatic nitrogens is 1. The average Bonchev–Trinajstić information content (AvgIpc) is 2.86. The Bertz CT molecular complexity index is 475. The molecule has 6 heteroatoms. The van der Waals surface area contributed by atoms with Crippen molar-refractivity contribution in [1.82, 2.24) is 9.47 Å². The maximum Gasteiger partial charge on any atom is 0.270 e. The highest BCUT2D eigenvalue weighted by molar-refractivity contribution is 9.10. The van der Waals surface area contributed by atoms with Gasteiger partial charge in [-0.15, -0.1) is 0 Å². The largest absolute Gasteiger partial charge is 0.381 e. The van der Waals surface area contributed by atoms with Crippen molar-refractivity contribution in [3.63, 3.8) is 0 Å². The Balaban J connectivity index is 2.19.